The lowest BCUT2D eigenvalue weighted by Crippen LogP contribution is -2.13. The van der Waals surface area contributed by atoms with Gasteiger partial charge >= 0.3 is 0 Å². The molecular weight excluding hydrogens is 251 g/mol. The molecule has 0 aliphatic heterocycles. The average molecular weight is 262 g/mol. The van der Waals surface area contributed by atoms with Crippen LogP contribution in [0.25, 0.3) is 0 Å². The Kier molecular flexibility index (Phi) is 3.47. The van der Waals surface area contributed by atoms with Crippen LogP contribution in [0.5, 0.6) is 0 Å². The van der Waals surface area contributed by atoms with E-state index in [4.69, 9.17) is 18.0 Å². The summed E-state index contributed by atoms with van der Waals surface area (Å²) in [6, 6.07) is 6.48. The van der Waals surface area contributed by atoms with E-state index >= 15 is 0 Å². The number of halogens is 1. The van der Waals surface area contributed by atoms with Crippen molar-refractivity contribution in [1.29, 1.82) is 0 Å². The fourth-order valence-corrected chi connectivity index (χ4v) is 1.64. The zero-order valence-corrected chi connectivity index (χ0v) is 10.5. The minimum Gasteiger partial charge on any atom is -0.389 e. The lowest BCUT2D eigenvalue weighted by molar-refractivity contribution is 0.630. The van der Waals surface area contributed by atoms with Gasteiger partial charge in [0, 0.05) is 0 Å². The van der Waals surface area contributed by atoms with E-state index in [1.807, 2.05) is 6.92 Å². The number of anilines is 2. The number of hydrogen-bond donors (Lipinski definition) is 2. The molecule has 0 atom stereocenters. The molecule has 0 spiro atoms. The summed E-state index contributed by atoms with van der Waals surface area (Å²) in [5.74, 6) is -0.0257. The van der Waals surface area contributed by atoms with Crippen LogP contribution in [-0.2, 0) is 0 Å². The van der Waals surface area contributed by atoms with Crippen LogP contribution < -0.4 is 11.1 Å². The summed E-state index contributed by atoms with van der Waals surface area (Å²) < 4.78 is 13.7. The van der Waals surface area contributed by atoms with Crippen molar-refractivity contribution in [3.8, 4) is 0 Å². The van der Waals surface area contributed by atoms with Gasteiger partial charge in [-0.15, -0.1) is 5.10 Å². The van der Waals surface area contributed by atoms with Crippen LogP contribution in [-0.4, -0.2) is 15.2 Å². The van der Waals surface area contributed by atoms with E-state index in [1.54, 1.807) is 18.2 Å². The first-order chi connectivity index (χ1) is 8.58. The Bertz CT molecular complexity index is 600. The van der Waals surface area contributed by atoms with E-state index in [-0.39, 0.29) is 10.8 Å². The Morgan fingerprint density at radius 1 is 1.39 bits per heavy atom. The normalized spacial score (nSPS) is 10.1. The van der Waals surface area contributed by atoms with Crippen LogP contribution in [0, 0.1) is 12.7 Å². The van der Waals surface area contributed by atoms with Crippen LogP contribution in [0.4, 0.5) is 15.9 Å². The van der Waals surface area contributed by atoms with Gasteiger partial charge in [-0.05, 0) is 30.7 Å². The molecule has 0 unspecified atom stereocenters. The average Bonchev–Trinajstić information content (AvgIpc) is 2.33. The highest BCUT2D eigenvalue weighted by molar-refractivity contribution is 7.80. The monoisotopic (exact) mass is 262 g/mol. The highest BCUT2D eigenvalue weighted by Crippen LogP contribution is 2.21. The van der Waals surface area contributed by atoms with E-state index in [1.165, 1.54) is 12.3 Å². The third kappa shape index (κ3) is 2.60. The van der Waals surface area contributed by atoms with Crippen molar-refractivity contribution < 1.29 is 4.39 Å². The fourth-order valence-electron chi connectivity index (χ4n) is 1.47. The highest BCUT2D eigenvalue weighted by atomic mass is 32.1. The molecule has 0 aliphatic rings. The van der Waals surface area contributed by atoms with Crippen molar-refractivity contribution in [3.05, 3.63) is 47.4 Å². The van der Waals surface area contributed by atoms with E-state index in [0.29, 0.717) is 17.1 Å². The van der Waals surface area contributed by atoms with Gasteiger partial charge in [0.25, 0.3) is 0 Å². The van der Waals surface area contributed by atoms with Crippen LogP contribution in [0.1, 0.15) is 11.1 Å². The Balaban J connectivity index is 2.37. The van der Waals surface area contributed by atoms with Crippen LogP contribution in [0.2, 0.25) is 0 Å². The molecule has 0 saturated carbocycles. The van der Waals surface area contributed by atoms with Gasteiger partial charge in [0.15, 0.2) is 5.82 Å². The molecule has 0 fully saturated rings. The topological polar surface area (TPSA) is 63.8 Å². The van der Waals surface area contributed by atoms with Gasteiger partial charge in [-0.1, -0.05) is 18.3 Å². The summed E-state index contributed by atoms with van der Waals surface area (Å²) in [6.45, 7) is 1.82. The number of benzene rings is 1. The molecule has 2 rings (SSSR count). The molecule has 92 valence electrons. The van der Waals surface area contributed by atoms with E-state index in [9.17, 15) is 4.39 Å². The van der Waals surface area contributed by atoms with Crippen molar-refractivity contribution in [3.63, 3.8) is 0 Å². The highest BCUT2D eigenvalue weighted by Gasteiger charge is 2.09. The first kappa shape index (κ1) is 12.4. The van der Waals surface area contributed by atoms with Crippen LogP contribution >= 0.6 is 12.2 Å². The van der Waals surface area contributed by atoms with Crippen molar-refractivity contribution >= 4 is 28.7 Å². The number of nitrogens with zero attached hydrogens (tertiary/aromatic N) is 2. The number of aromatic nitrogens is 2. The van der Waals surface area contributed by atoms with E-state index in [0.717, 1.165) is 5.56 Å². The summed E-state index contributed by atoms with van der Waals surface area (Å²) in [6.07, 6.45) is 1.48. The molecule has 1 aromatic heterocycles. The Morgan fingerprint density at radius 2 is 2.17 bits per heavy atom. The smallest absolute Gasteiger partial charge is 0.163 e. The fraction of sp³-hybridized carbons (Fsp3) is 0.0833. The quantitative estimate of drug-likeness (QED) is 0.831. The minimum atomic E-state index is -0.366. The van der Waals surface area contributed by atoms with Gasteiger partial charge in [-0.3, -0.25) is 0 Å². The van der Waals surface area contributed by atoms with Crippen molar-refractivity contribution in [2.24, 2.45) is 5.73 Å². The molecule has 3 N–H and O–H groups in total. The molecule has 1 aromatic carbocycles. The van der Waals surface area contributed by atoms with Crippen molar-refractivity contribution in [2.45, 2.75) is 6.92 Å². The molecule has 0 radical (unpaired) electrons. The van der Waals surface area contributed by atoms with Gasteiger partial charge in [0.05, 0.1) is 17.4 Å². The number of rotatable bonds is 3. The van der Waals surface area contributed by atoms with Gasteiger partial charge in [0.2, 0.25) is 0 Å². The molecule has 6 heteroatoms. The SMILES string of the molecule is Cc1ccc(Nc2nnccc2C(N)=S)c(F)c1. The summed E-state index contributed by atoms with van der Waals surface area (Å²) in [7, 11) is 0. The number of hydrogen-bond acceptors (Lipinski definition) is 4. The maximum absolute atomic E-state index is 13.7. The zero-order valence-electron chi connectivity index (χ0n) is 9.64. The molecule has 1 heterocycles. The van der Waals surface area contributed by atoms with Gasteiger partial charge < -0.3 is 11.1 Å². The second-order valence-corrected chi connectivity index (χ2v) is 4.21. The van der Waals surface area contributed by atoms with E-state index in [2.05, 4.69) is 15.5 Å². The molecule has 0 saturated heterocycles. The number of nitrogens with one attached hydrogen (secondary N) is 1. The Hall–Kier alpha value is -2.08. The summed E-state index contributed by atoms with van der Waals surface area (Å²) in [5, 5.41) is 10.4. The van der Waals surface area contributed by atoms with Crippen LogP contribution in [0.15, 0.2) is 30.5 Å². The van der Waals surface area contributed by atoms with Gasteiger partial charge in [0.1, 0.15) is 10.8 Å². The molecule has 0 amide bonds. The molecular formula is C12H11FN4S. The molecule has 4 nitrogen and oxygen atoms in total. The minimum absolute atomic E-state index is 0.180. The van der Waals surface area contributed by atoms with Crippen LogP contribution in [0.3, 0.4) is 0 Å². The first-order valence-electron chi connectivity index (χ1n) is 5.22. The Labute approximate surface area is 109 Å². The standard InChI is InChI=1S/C12H11FN4S/c1-7-2-3-10(9(13)6-7)16-12-8(11(14)18)4-5-15-17-12/h2-6H,1H3,(H2,14,18)(H,16,17). The lowest BCUT2D eigenvalue weighted by atomic mass is 10.2. The first-order valence-corrected chi connectivity index (χ1v) is 5.63. The number of nitrogens with two attached hydrogens (primary N) is 1. The van der Waals surface area contributed by atoms with Crippen molar-refractivity contribution in [2.75, 3.05) is 5.32 Å². The zero-order chi connectivity index (χ0) is 13.1. The maximum atomic E-state index is 13.7. The number of aryl methyl sites for hydroxylation is 1. The number of thiocarbonyl (C=S) groups is 1. The maximum Gasteiger partial charge on any atom is 0.163 e. The lowest BCUT2D eigenvalue weighted by Gasteiger charge is -2.10. The molecule has 0 aliphatic carbocycles. The van der Waals surface area contributed by atoms with E-state index < -0.39 is 0 Å². The largest absolute Gasteiger partial charge is 0.389 e. The molecule has 2 aromatic rings. The second kappa shape index (κ2) is 5.05. The van der Waals surface area contributed by atoms with Gasteiger partial charge in [-0.2, -0.15) is 5.10 Å². The predicted octanol–water partition coefficient (Wildman–Crippen LogP) is 2.30. The van der Waals surface area contributed by atoms with Gasteiger partial charge in [-0.25, -0.2) is 4.39 Å². The summed E-state index contributed by atoms with van der Waals surface area (Å²) in [5.41, 5.74) is 7.23. The third-order valence-electron chi connectivity index (χ3n) is 2.36. The predicted molar refractivity (Wildman–Crippen MR) is 72.3 cm³/mol. The summed E-state index contributed by atoms with van der Waals surface area (Å²) in [4.78, 5) is 0.180. The van der Waals surface area contributed by atoms with Crippen molar-refractivity contribution in [1.82, 2.24) is 10.2 Å². The second-order valence-electron chi connectivity index (χ2n) is 3.77. The molecule has 18 heavy (non-hydrogen) atoms. The Morgan fingerprint density at radius 3 is 2.83 bits per heavy atom. The molecule has 0 bridgehead atoms. The third-order valence-corrected chi connectivity index (χ3v) is 2.58. The summed E-state index contributed by atoms with van der Waals surface area (Å²) >= 11 is 4.90.